The number of anilines is 1. The van der Waals surface area contributed by atoms with Gasteiger partial charge in [-0.25, -0.2) is 0 Å². The molecule has 0 aliphatic heterocycles. The Bertz CT molecular complexity index is 1180. The summed E-state index contributed by atoms with van der Waals surface area (Å²) in [5.41, 5.74) is 3.88. The summed E-state index contributed by atoms with van der Waals surface area (Å²) in [5.74, 6) is 0.652. The number of furan rings is 1. The van der Waals surface area contributed by atoms with Gasteiger partial charge in [-0.05, 0) is 47.0 Å². The zero-order valence-electron chi connectivity index (χ0n) is 16.7. The summed E-state index contributed by atoms with van der Waals surface area (Å²) in [7, 11) is 0. The number of nitrogens with one attached hydrogen (secondary N) is 1. The molecule has 7 nitrogen and oxygen atoms in total. The molecule has 1 amide bonds. The Balaban J connectivity index is 1.78. The van der Waals surface area contributed by atoms with Crippen LogP contribution in [0.4, 0.5) is 5.69 Å². The van der Waals surface area contributed by atoms with Gasteiger partial charge in [0.2, 0.25) is 0 Å². The Morgan fingerprint density at radius 3 is 2.67 bits per heavy atom. The summed E-state index contributed by atoms with van der Waals surface area (Å²) in [6.07, 6.45) is 3.98. The van der Waals surface area contributed by atoms with E-state index < -0.39 is 0 Å². The SMILES string of the molecule is CCc1cccc(C)c1NC(=O)/C(=C\c1ccco1)n1nnnc1-c1ccccc1. The molecule has 0 aliphatic carbocycles. The molecule has 150 valence electrons. The van der Waals surface area contributed by atoms with E-state index in [9.17, 15) is 4.79 Å². The minimum atomic E-state index is -0.333. The van der Waals surface area contributed by atoms with Crippen molar-refractivity contribution in [1.29, 1.82) is 0 Å². The number of nitrogens with zero attached hydrogens (tertiary/aromatic N) is 4. The van der Waals surface area contributed by atoms with Crippen molar-refractivity contribution in [2.45, 2.75) is 20.3 Å². The van der Waals surface area contributed by atoms with Crippen molar-refractivity contribution in [3.8, 4) is 11.4 Å². The number of carbonyl (C=O) groups excluding carboxylic acids is 1. The van der Waals surface area contributed by atoms with Gasteiger partial charge in [-0.1, -0.05) is 55.5 Å². The third kappa shape index (κ3) is 3.91. The molecule has 0 fully saturated rings. The number of amides is 1. The van der Waals surface area contributed by atoms with Crippen molar-refractivity contribution in [1.82, 2.24) is 20.2 Å². The third-order valence-corrected chi connectivity index (χ3v) is 4.76. The van der Waals surface area contributed by atoms with Crippen molar-refractivity contribution < 1.29 is 9.21 Å². The zero-order valence-corrected chi connectivity index (χ0v) is 16.7. The van der Waals surface area contributed by atoms with Gasteiger partial charge in [0.05, 0.1) is 6.26 Å². The smallest absolute Gasteiger partial charge is 0.274 e. The quantitative estimate of drug-likeness (QED) is 0.485. The van der Waals surface area contributed by atoms with Crippen LogP contribution in [0.3, 0.4) is 0 Å². The predicted octanol–water partition coefficient (Wildman–Crippen LogP) is 4.44. The summed E-state index contributed by atoms with van der Waals surface area (Å²) < 4.78 is 6.87. The first-order valence-corrected chi connectivity index (χ1v) is 9.66. The molecule has 30 heavy (non-hydrogen) atoms. The van der Waals surface area contributed by atoms with Gasteiger partial charge in [0.25, 0.3) is 5.91 Å². The minimum Gasteiger partial charge on any atom is -0.465 e. The summed E-state index contributed by atoms with van der Waals surface area (Å²) in [5, 5.41) is 15.1. The number of carbonyl (C=O) groups is 1. The van der Waals surface area contributed by atoms with Gasteiger partial charge >= 0.3 is 0 Å². The molecule has 2 heterocycles. The molecule has 0 saturated carbocycles. The van der Waals surface area contributed by atoms with Crippen LogP contribution in [0.1, 0.15) is 23.8 Å². The summed E-state index contributed by atoms with van der Waals surface area (Å²) in [4.78, 5) is 13.4. The minimum absolute atomic E-state index is 0.249. The van der Waals surface area contributed by atoms with Crippen LogP contribution >= 0.6 is 0 Å². The highest BCUT2D eigenvalue weighted by atomic mass is 16.3. The molecule has 0 bridgehead atoms. The van der Waals surface area contributed by atoms with Crippen LogP contribution in [-0.2, 0) is 11.2 Å². The van der Waals surface area contributed by atoms with Crippen molar-refractivity contribution in [3.63, 3.8) is 0 Å². The van der Waals surface area contributed by atoms with E-state index in [1.165, 1.54) is 4.68 Å². The van der Waals surface area contributed by atoms with Gasteiger partial charge in [0.15, 0.2) is 5.82 Å². The van der Waals surface area contributed by atoms with Crippen molar-refractivity contribution in [3.05, 3.63) is 83.8 Å². The molecule has 4 aromatic rings. The second-order valence-corrected chi connectivity index (χ2v) is 6.74. The maximum absolute atomic E-state index is 13.4. The van der Waals surface area contributed by atoms with Gasteiger partial charge in [0.1, 0.15) is 11.5 Å². The van der Waals surface area contributed by atoms with Crippen LogP contribution in [0.2, 0.25) is 0 Å². The fourth-order valence-electron chi connectivity index (χ4n) is 3.23. The van der Waals surface area contributed by atoms with Crippen molar-refractivity contribution in [2.75, 3.05) is 5.32 Å². The van der Waals surface area contributed by atoms with Gasteiger partial charge in [-0.2, -0.15) is 4.68 Å². The molecule has 7 heteroatoms. The van der Waals surface area contributed by atoms with E-state index in [4.69, 9.17) is 4.42 Å². The Morgan fingerprint density at radius 1 is 1.10 bits per heavy atom. The molecule has 0 unspecified atom stereocenters. The van der Waals surface area contributed by atoms with E-state index in [-0.39, 0.29) is 11.6 Å². The first kappa shape index (κ1) is 19.3. The number of benzene rings is 2. The van der Waals surface area contributed by atoms with Crippen LogP contribution in [0, 0.1) is 6.92 Å². The molecule has 2 aromatic heterocycles. The Kier molecular flexibility index (Phi) is 5.52. The molecule has 0 saturated heterocycles. The molecule has 0 atom stereocenters. The summed E-state index contributed by atoms with van der Waals surface area (Å²) in [6, 6.07) is 19.0. The van der Waals surface area contributed by atoms with Gasteiger partial charge in [-0.15, -0.1) is 5.10 Å². The molecule has 0 aliphatic rings. The predicted molar refractivity (Wildman–Crippen MR) is 115 cm³/mol. The molecule has 0 radical (unpaired) electrons. The highest BCUT2D eigenvalue weighted by molar-refractivity contribution is 6.24. The normalized spacial score (nSPS) is 11.5. The standard InChI is InChI=1S/C23H21N5O2/c1-3-17-12-7-9-16(2)21(17)24-23(29)20(15-19-13-8-14-30-19)28-22(25-26-27-28)18-10-5-4-6-11-18/h4-15H,3H2,1-2H3,(H,24,29)/b20-15+. The van der Waals surface area contributed by atoms with E-state index in [2.05, 4.69) is 27.8 Å². The number of aryl methyl sites for hydroxylation is 2. The molecule has 2 aromatic carbocycles. The third-order valence-electron chi connectivity index (χ3n) is 4.76. The maximum atomic E-state index is 13.4. The fourth-order valence-corrected chi connectivity index (χ4v) is 3.23. The molecule has 1 N–H and O–H groups in total. The number of hydrogen-bond acceptors (Lipinski definition) is 5. The number of hydrogen-bond donors (Lipinski definition) is 1. The van der Waals surface area contributed by atoms with E-state index in [0.717, 1.165) is 28.8 Å². The summed E-state index contributed by atoms with van der Waals surface area (Å²) in [6.45, 7) is 4.02. The lowest BCUT2D eigenvalue weighted by molar-refractivity contribution is -0.111. The topological polar surface area (TPSA) is 85.8 Å². The fraction of sp³-hybridized carbons (Fsp3) is 0.130. The zero-order chi connectivity index (χ0) is 20.9. The number of rotatable bonds is 6. The first-order valence-electron chi connectivity index (χ1n) is 9.66. The highest BCUT2D eigenvalue weighted by Gasteiger charge is 2.21. The lowest BCUT2D eigenvalue weighted by atomic mass is 10.1. The first-order chi connectivity index (χ1) is 14.7. The Hall–Kier alpha value is -4.00. The van der Waals surface area contributed by atoms with Gasteiger partial charge in [-0.3, -0.25) is 4.79 Å². The Labute approximate surface area is 174 Å². The lowest BCUT2D eigenvalue weighted by Gasteiger charge is -2.15. The monoisotopic (exact) mass is 399 g/mol. The molecular formula is C23H21N5O2. The average Bonchev–Trinajstić information content (AvgIpc) is 3.46. The van der Waals surface area contributed by atoms with E-state index in [0.29, 0.717) is 11.6 Å². The number of tetrazole rings is 1. The van der Waals surface area contributed by atoms with Gasteiger partial charge < -0.3 is 9.73 Å². The lowest BCUT2D eigenvalue weighted by Crippen LogP contribution is -2.20. The maximum Gasteiger partial charge on any atom is 0.274 e. The summed E-state index contributed by atoms with van der Waals surface area (Å²) >= 11 is 0. The highest BCUT2D eigenvalue weighted by Crippen LogP contribution is 2.25. The molecule has 0 spiro atoms. The van der Waals surface area contributed by atoms with Gasteiger partial charge in [0, 0.05) is 17.3 Å². The average molecular weight is 399 g/mol. The van der Waals surface area contributed by atoms with E-state index in [1.54, 1.807) is 24.5 Å². The molecule has 4 rings (SSSR count). The Morgan fingerprint density at radius 2 is 1.93 bits per heavy atom. The van der Waals surface area contributed by atoms with Crippen LogP contribution in [0.25, 0.3) is 23.2 Å². The van der Waals surface area contributed by atoms with Crippen LogP contribution in [0.15, 0.2) is 71.3 Å². The largest absolute Gasteiger partial charge is 0.465 e. The number of para-hydroxylation sites is 1. The number of aromatic nitrogens is 4. The van der Waals surface area contributed by atoms with Crippen molar-refractivity contribution >= 4 is 23.4 Å². The van der Waals surface area contributed by atoms with Crippen LogP contribution in [-0.4, -0.2) is 26.1 Å². The molecular weight excluding hydrogens is 378 g/mol. The van der Waals surface area contributed by atoms with E-state index in [1.807, 2.05) is 55.5 Å². The van der Waals surface area contributed by atoms with E-state index >= 15 is 0 Å². The van der Waals surface area contributed by atoms with Crippen LogP contribution < -0.4 is 5.32 Å². The van der Waals surface area contributed by atoms with Crippen LogP contribution in [0.5, 0.6) is 0 Å². The van der Waals surface area contributed by atoms with Crippen molar-refractivity contribution in [2.24, 2.45) is 0 Å². The second kappa shape index (κ2) is 8.57. The second-order valence-electron chi connectivity index (χ2n) is 6.74.